The maximum atomic E-state index is 13.9. The van der Waals surface area contributed by atoms with Crippen LogP contribution in [0.15, 0.2) is 54.9 Å². The van der Waals surface area contributed by atoms with E-state index in [-0.39, 0.29) is 6.04 Å². The molecular formula is C23H20ClF2N5. The summed E-state index contributed by atoms with van der Waals surface area (Å²) in [5.74, 6) is -0.629. The summed E-state index contributed by atoms with van der Waals surface area (Å²) in [6, 6.07) is 12.1. The van der Waals surface area contributed by atoms with E-state index in [0.29, 0.717) is 22.9 Å². The molecular weight excluding hydrogens is 420 g/mol. The molecule has 0 radical (unpaired) electrons. The summed E-state index contributed by atoms with van der Waals surface area (Å²) >= 11 is 5.59. The Labute approximate surface area is 183 Å². The van der Waals surface area contributed by atoms with Crippen molar-refractivity contribution in [2.24, 2.45) is 7.05 Å². The summed E-state index contributed by atoms with van der Waals surface area (Å²) in [6.07, 6.45) is 3.78. The van der Waals surface area contributed by atoms with Crippen LogP contribution in [0.5, 0.6) is 0 Å². The Morgan fingerprint density at radius 3 is 2.42 bits per heavy atom. The van der Waals surface area contributed by atoms with Gasteiger partial charge in [0.15, 0.2) is 0 Å². The molecule has 4 rings (SSSR count). The zero-order chi connectivity index (χ0) is 22.1. The zero-order valence-electron chi connectivity index (χ0n) is 17.2. The first kappa shape index (κ1) is 20.9. The fraction of sp³-hybridized carbons (Fsp3) is 0.174. The SMILES string of the molecule is Cc1nc(NC(C)c2cccc(-c3cnn(C)c3)c2)cc(-c2cc(F)c(Cl)c(F)c2)n1. The van der Waals surface area contributed by atoms with E-state index in [1.165, 1.54) is 0 Å². The van der Waals surface area contributed by atoms with Crippen LogP contribution in [-0.2, 0) is 7.05 Å². The molecule has 2 aromatic carbocycles. The third kappa shape index (κ3) is 4.56. The van der Waals surface area contributed by atoms with Gasteiger partial charge in [-0.1, -0.05) is 29.8 Å². The van der Waals surface area contributed by atoms with Crippen LogP contribution in [0.1, 0.15) is 24.4 Å². The number of halogens is 3. The van der Waals surface area contributed by atoms with Gasteiger partial charge in [0.1, 0.15) is 28.3 Å². The van der Waals surface area contributed by atoms with Crippen molar-refractivity contribution in [3.63, 3.8) is 0 Å². The van der Waals surface area contributed by atoms with E-state index in [1.54, 1.807) is 17.7 Å². The summed E-state index contributed by atoms with van der Waals surface area (Å²) in [4.78, 5) is 8.74. The molecule has 4 aromatic rings. The minimum absolute atomic E-state index is 0.0718. The first-order chi connectivity index (χ1) is 14.8. The van der Waals surface area contributed by atoms with Crippen LogP contribution in [0.25, 0.3) is 22.4 Å². The number of hydrogen-bond acceptors (Lipinski definition) is 4. The van der Waals surface area contributed by atoms with Gasteiger partial charge in [-0.15, -0.1) is 0 Å². The lowest BCUT2D eigenvalue weighted by molar-refractivity contribution is 0.585. The number of nitrogens with one attached hydrogen (secondary N) is 1. The van der Waals surface area contributed by atoms with Crippen molar-refractivity contribution >= 4 is 17.4 Å². The average Bonchev–Trinajstić information content (AvgIpc) is 3.17. The number of benzene rings is 2. The topological polar surface area (TPSA) is 55.6 Å². The van der Waals surface area contributed by atoms with Gasteiger partial charge < -0.3 is 5.32 Å². The molecule has 1 atom stereocenters. The average molecular weight is 440 g/mol. The van der Waals surface area contributed by atoms with Crippen LogP contribution in [0.3, 0.4) is 0 Å². The second-order valence-corrected chi connectivity index (χ2v) is 7.71. The van der Waals surface area contributed by atoms with Gasteiger partial charge in [-0.3, -0.25) is 4.68 Å². The van der Waals surface area contributed by atoms with Crippen LogP contribution in [0.4, 0.5) is 14.6 Å². The monoisotopic (exact) mass is 439 g/mol. The van der Waals surface area contributed by atoms with Gasteiger partial charge in [0.25, 0.3) is 0 Å². The molecule has 0 aliphatic carbocycles. The van der Waals surface area contributed by atoms with E-state index in [2.05, 4.69) is 26.4 Å². The van der Waals surface area contributed by atoms with Crippen molar-refractivity contribution in [3.8, 4) is 22.4 Å². The summed E-state index contributed by atoms with van der Waals surface area (Å²) in [6.45, 7) is 3.74. The lowest BCUT2D eigenvalue weighted by Crippen LogP contribution is -2.09. The fourth-order valence-electron chi connectivity index (χ4n) is 3.36. The molecule has 5 nitrogen and oxygen atoms in total. The fourth-order valence-corrected chi connectivity index (χ4v) is 3.47. The number of hydrogen-bond donors (Lipinski definition) is 1. The molecule has 8 heteroatoms. The van der Waals surface area contributed by atoms with E-state index in [0.717, 1.165) is 28.8 Å². The van der Waals surface area contributed by atoms with Gasteiger partial charge in [-0.25, -0.2) is 18.7 Å². The molecule has 0 saturated heterocycles. The van der Waals surface area contributed by atoms with Crippen molar-refractivity contribution < 1.29 is 8.78 Å². The highest BCUT2D eigenvalue weighted by molar-refractivity contribution is 6.31. The van der Waals surface area contributed by atoms with Gasteiger partial charge in [0.05, 0.1) is 11.9 Å². The predicted molar refractivity (Wildman–Crippen MR) is 118 cm³/mol. The first-order valence-corrected chi connectivity index (χ1v) is 10.0. The highest BCUT2D eigenvalue weighted by Gasteiger charge is 2.14. The van der Waals surface area contributed by atoms with Crippen molar-refractivity contribution in [3.05, 3.63) is 82.9 Å². The standard InChI is InChI=1S/C23H20ClF2N5/c1-13(15-5-4-6-16(7-15)18-11-27-31(3)12-18)28-22-10-21(29-14(2)30-22)17-8-19(25)23(24)20(26)9-17/h4-13H,1-3H3,(H,28,29,30). The Morgan fingerprint density at radius 2 is 1.74 bits per heavy atom. The van der Waals surface area contributed by atoms with Gasteiger partial charge in [-0.05, 0) is 43.2 Å². The summed E-state index contributed by atoms with van der Waals surface area (Å²) in [5, 5.41) is 7.04. The number of aryl methyl sites for hydroxylation is 2. The molecule has 0 fully saturated rings. The number of rotatable bonds is 5. The maximum Gasteiger partial charge on any atom is 0.145 e. The smallest absolute Gasteiger partial charge is 0.145 e. The quantitative estimate of drug-likeness (QED) is 0.390. The van der Waals surface area contributed by atoms with Crippen LogP contribution in [0, 0.1) is 18.6 Å². The van der Waals surface area contributed by atoms with Gasteiger partial charge >= 0.3 is 0 Å². The second-order valence-electron chi connectivity index (χ2n) is 7.33. The first-order valence-electron chi connectivity index (χ1n) is 9.66. The molecule has 1 unspecified atom stereocenters. The zero-order valence-corrected chi connectivity index (χ0v) is 18.0. The van der Waals surface area contributed by atoms with Crippen molar-refractivity contribution in [1.82, 2.24) is 19.7 Å². The van der Waals surface area contributed by atoms with Crippen LogP contribution >= 0.6 is 11.6 Å². The Morgan fingerprint density at radius 1 is 1.00 bits per heavy atom. The molecule has 0 bridgehead atoms. The van der Waals surface area contributed by atoms with E-state index in [1.807, 2.05) is 44.6 Å². The number of aromatic nitrogens is 4. The highest BCUT2D eigenvalue weighted by Crippen LogP contribution is 2.29. The van der Waals surface area contributed by atoms with E-state index in [9.17, 15) is 8.78 Å². The molecule has 158 valence electrons. The molecule has 2 heterocycles. The predicted octanol–water partition coefficient (Wildman–Crippen LogP) is 5.96. The van der Waals surface area contributed by atoms with E-state index >= 15 is 0 Å². The van der Waals surface area contributed by atoms with Crippen molar-refractivity contribution in [2.75, 3.05) is 5.32 Å². The maximum absolute atomic E-state index is 13.9. The van der Waals surface area contributed by atoms with E-state index in [4.69, 9.17) is 11.6 Å². The summed E-state index contributed by atoms with van der Waals surface area (Å²) in [5.41, 5.74) is 3.84. The van der Waals surface area contributed by atoms with Crippen LogP contribution in [-0.4, -0.2) is 19.7 Å². The molecule has 31 heavy (non-hydrogen) atoms. The Balaban J connectivity index is 1.61. The Kier molecular flexibility index (Phi) is 5.69. The minimum Gasteiger partial charge on any atom is -0.363 e. The van der Waals surface area contributed by atoms with E-state index < -0.39 is 16.7 Å². The number of nitrogens with zero attached hydrogens (tertiary/aromatic N) is 4. The van der Waals surface area contributed by atoms with Gasteiger partial charge in [0.2, 0.25) is 0 Å². The van der Waals surface area contributed by atoms with Crippen LogP contribution < -0.4 is 5.32 Å². The molecule has 2 aromatic heterocycles. The second kappa shape index (κ2) is 8.43. The van der Waals surface area contributed by atoms with Crippen molar-refractivity contribution in [2.45, 2.75) is 19.9 Å². The molecule has 0 amide bonds. The lowest BCUT2D eigenvalue weighted by atomic mass is 10.0. The van der Waals surface area contributed by atoms with Crippen molar-refractivity contribution in [1.29, 1.82) is 0 Å². The highest BCUT2D eigenvalue weighted by atomic mass is 35.5. The van der Waals surface area contributed by atoms with Crippen LogP contribution in [0.2, 0.25) is 5.02 Å². The summed E-state index contributed by atoms with van der Waals surface area (Å²) in [7, 11) is 1.88. The van der Waals surface area contributed by atoms with Gasteiger partial charge in [0, 0.05) is 36.5 Å². The third-order valence-corrected chi connectivity index (χ3v) is 5.27. The summed E-state index contributed by atoms with van der Waals surface area (Å²) < 4.78 is 29.6. The molecule has 1 N–H and O–H groups in total. The molecule has 0 aliphatic heterocycles. The molecule has 0 spiro atoms. The minimum atomic E-state index is -0.831. The molecule has 0 saturated carbocycles. The van der Waals surface area contributed by atoms with Gasteiger partial charge in [-0.2, -0.15) is 5.10 Å². The third-order valence-electron chi connectivity index (χ3n) is 4.91. The normalized spacial score (nSPS) is 12.1. The Hall–Kier alpha value is -3.32. The largest absolute Gasteiger partial charge is 0.363 e. The lowest BCUT2D eigenvalue weighted by Gasteiger charge is -2.17. The Bertz CT molecular complexity index is 1230. The number of anilines is 1. The molecule has 0 aliphatic rings.